The van der Waals surface area contributed by atoms with Crippen molar-refractivity contribution < 1.29 is 23.5 Å². The van der Waals surface area contributed by atoms with Crippen molar-refractivity contribution in [2.45, 2.75) is 19.1 Å². The smallest absolute Gasteiger partial charge is 0.343 e. The Labute approximate surface area is 178 Å². The maximum Gasteiger partial charge on any atom is 0.343 e. The molecule has 1 aromatic carbocycles. The van der Waals surface area contributed by atoms with Crippen LogP contribution in [0.5, 0.6) is 5.75 Å². The van der Waals surface area contributed by atoms with E-state index in [0.29, 0.717) is 19.4 Å². The molecule has 164 valence electrons. The lowest BCUT2D eigenvalue weighted by molar-refractivity contribution is 0.0501. The Kier molecular flexibility index (Phi) is 5.65. The van der Waals surface area contributed by atoms with Gasteiger partial charge in [0, 0.05) is 24.4 Å². The maximum absolute atomic E-state index is 14.2. The van der Waals surface area contributed by atoms with Crippen LogP contribution in [-0.4, -0.2) is 32.6 Å². The Morgan fingerprint density at radius 1 is 1.12 bits per heavy atom. The van der Waals surface area contributed by atoms with Gasteiger partial charge in [0.15, 0.2) is 0 Å². The fourth-order valence-corrected chi connectivity index (χ4v) is 3.27. The minimum Gasteiger partial charge on any atom is -0.423 e. The van der Waals surface area contributed by atoms with Crippen LogP contribution in [0.15, 0.2) is 63.2 Å². The van der Waals surface area contributed by atoms with Crippen LogP contribution in [0.2, 0.25) is 0 Å². The Bertz CT molecular complexity index is 1380. The molecule has 0 bridgehead atoms. The highest BCUT2D eigenvalue weighted by Crippen LogP contribution is 2.21. The SMILES string of the molecule is O=C(Oc1cc[nH]c(=O)c1)c1cccc(C(=O)n2c(=O)c(F)cn(C3CCCO3)c2=O)c1. The zero-order valence-corrected chi connectivity index (χ0v) is 16.4. The quantitative estimate of drug-likeness (QED) is 0.599. The number of aromatic nitrogens is 3. The molecule has 0 amide bonds. The van der Waals surface area contributed by atoms with Crippen molar-refractivity contribution in [3.05, 3.63) is 96.9 Å². The van der Waals surface area contributed by atoms with Gasteiger partial charge in [-0.3, -0.25) is 19.0 Å². The number of nitrogens with one attached hydrogen (secondary N) is 1. The number of pyridine rings is 1. The summed E-state index contributed by atoms with van der Waals surface area (Å²) in [5.41, 5.74) is -3.24. The fourth-order valence-electron chi connectivity index (χ4n) is 3.27. The monoisotopic (exact) mass is 441 g/mol. The van der Waals surface area contributed by atoms with Crippen LogP contribution in [0, 0.1) is 5.82 Å². The molecule has 1 N–H and O–H groups in total. The van der Waals surface area contributed by atoms with E-state index in [1.54, 1.807) is 0 Å². The number of carbonyl (C=O) groups excluding carboxylic acids is 2. The third-order valence-electron chi connectivity index (χ3n) is 4.79. The van der Waals surface area contributed by atoms with E-state index in [0.717, 1.165) is 22.9 Å². The summed E-state index contributed by atoms with van der Waals surface area (Å²) in [6, 6.07) is 7.46. The number of aromatic amines is 1. The molecule has 1 fully saturated rings. The van der Waals surface area contributed by atoms with E-state index in [1.165, 1.54) is 30.5 Å². The second-order valence-corrected chi connectivity index (χ2v) is 6.94. The van der Waals surface area contributed by atoms with Crippen LogP contribution in [0.3, 0.4) is 0 Å². The molecule has 1 aliphatic heterocycles. The number of esters is 1. The van der Waals surface area contributed by atoms with Gasteiger partial charge in [-0.1, -0.05) is 6.07 Å². The number of hydrogen-bond acceptors (Lipinski definition) is 7. The summed E-state index contributed by atoms with van der Waals surface area (Å²) in [5, 5.41) is 0. The molecule has 3 aromatic rings. The van der Waals surface area contributed by atoms with E-state index in [2.05, 4.69) is 4.98 Å². The van der Waals surface area contributed by atoms with Gasteiger partial charge in [0.05, 0.1) is 11.8 Å². The van der Waals surface area contributed by atoms with E-state index >= 15 is 0 Å². The van der Waals surface area contributed by atoms with Gasteiger partial charge in [-0.05, 0) is 37.1 Å². The number of H-pyrrole nitrogens is 1. The first-order valence-electron chi connectivity index (χ1n) is 9.56. The molecule has 3 heterocycles. The fraction of sp³-hybridized carbons (Fsp3) is 0.190. The van der Waals surface area contributed by atoms with Crippen molar-refractivity contribution in [1.29, 1.82) is 0 Å². The lowest BCUT2D eigenvalue weighted by Gasteiger charge is -2.15. The molecule has 2 aromatic heterocycles. The highest BCUT2D eigenvalue weighted by atomic mass is 19.1. The molecular weight excluding hydrogens is 425 g/mol. The van der Waals surface area contributed by atoms with E-state index in [1.807, 2.05) is 0 Å². The lowest BCUT2D eigenvalue weighted by atomic mass is 10.1. The van der Waals surface area contributed by atoms with Crippen molar-refractivity contribution in [2.24, 2.45) is 0 Å². The minimum absolute atomic E-state index is 0.0173. The molecule has 1 unspecified atom stereocenters. The number of ether oxygens (including phenoxy) is 2. The molecule has 1 atom stereocenters. The molecule has 11 heteroatoms. The predicted octanol–water partition coefficient (Wildman–Crippen LogP) is 1.05. The normalized spacial score (nSPS) is 15.5. The second-order valence-electron chi connectivity index (χ2n) is 6.94. The maximum atomic E-state index is 14.2. The van der Waals surface area contributed by atoms with Gasteiger partial charge in [-0.2, -0.15) is 8.96 Å². The average molecular weight is 441 g/mol. The predicted molar refractivity (Wildman–Crippen MR) is 107 cm³/mol. The van der Waals surface area contributed by atoms with Gasteiger partial charge in [-0.25, -0.2) is 9.59 Å². The molecule has 0 radical (unpaired) electrons. The molecule has 0 aliphatic carbocycles. The van der Waals surface area contributed by atoms with Crippen molar-refractivity contribution in [1.82, 2.24) is 14.1 Å². The van der Waals surface area contributed by atoms with Gasteiger partial charge >= 0.3 is 11.7 Å². The number of benzene rings is 1. The third-order valence-corrected chi connectivity index (χ3v) is 4.79. The number of carbonyl (C=O) groups is 2. The number of rotatable bonds is 4. The first kappa shape index (κ1) is 21.1. The van der Waals surface area contributed by atoms with Crippen molar-refractivity contribution in [2.75, 3.05) is 6.61 Å². The van der Waals surface area contributed by atoms with E-state index in [9.17, 15) is 28.4 Å². The van der Waals surface area contributed by atoms with Crippen LogP contribution in [-0.2, 0) is 4.74 Å². The van der Waals surface area contributed by atoms with Gasteiger partial charge in [-0.15, -0.1) is 0 Å². The summed E-state index contributed by atoms with van der Waals surface area (Å²) in [6.07, 6.45) is 2.30. The molecule has 4 rings (SSSR count). The average Bonchev–Trinajstić information content (AvgIpc) is 3.31. The summed E-state index contributed by atoms with van der Waals surface area (Å²) in [4.78, 5) is 64.0. The van der Waals surface area contributed by atoms with Gasteiger partial charge in [0.1, 0.15) is 12.0 Å². The van der Waals surface area contributed by atoms with E-state index < -0.39 is 40.7 Å². The Morgan fingerprint density at radius 2 is 1.91 bits per heavy atom. The van der Waals surface area contributed by atoms with Crippen molar-refractivity contribution in [3.8, 4) is 5.75 Å². The van der Waals surface area contributed by atoms with Gasteiger partial charge in [0.2, 0.25) is 5.82 Å². The van der Waals surface area contributed by atoms with Crippen LogP contribution in [0.25, 0.3) is 0 Å². The molecular formula is C21H16FN3O7. The Hall–Kier alpha value is -4.12. The summed E-state index contributed by atoms with van der Waals surface area (Å²) in [7, 11) is 0. The standard InChI is InChI=1S/C21H16FN3O7/c22-15-11-24(17-5-2-8-31-17)21(30)25(19(15)28)18(27)12-3-1-4-13(9-12)20(29)32-14-6-7-23-16(26)10-14/h1,3-4,6-7,9-11,17H,2,5,8H2,(H,23,26). The molecule has 0 spiro atoms. The van der Waals surface area contributed by atoms with Crippen LogP contribution < -0.4 is 21.5 Å². The summed E-state index contributed by atoms with van der Waals surface area (Å²) >= 11 is 0. The molecule has 0 saturated carbocycles. The largest absolute Gasteiger partial charge is 0.423 e. The lowest BCUT2D eigenvalue weighted by Crippen LogP contribution is -2.46. The molecule has 32 heavy (non-hydrogen) atoms. The Balaban J connectivity index is 1.69. The van der Waals surface area contributed by atoms with Crippen molar-refractivity contribution >= 4 is 11.9 Å². The van der Waals surface area contributed by atoms with Crippen LogP contribution >= 0.6 is 0 Å². The number of nitrogens with zero attached hydrogens (tertiary/aromatic N) is 2. The van der Waals surface area contributed by atoms with Crippen LogP contribution in [0.1, 0.15) is 39.8 Å². The molecule has 10 nitrogen and oxygen atoms in total. The second kappa shape index (κ2) is 8.55. The van der Waals surface area contributed by atoms with E-state index in [4.69, 9.17) is 9.47 Å². The summed E-state index contributed by atoms with van der Waals surface area (Å²) in [6.45, 7) is 0.364. The first-order chi connectivity index (χ1) is 15.3. The summed E-state index contributed by atoms with van der Waals surface area (Å²) in [5.74, 6) is -3.31. The van der Waals surface area contributed by atoms with E-state index in [-0.39, 0.29) is 21.4 Å². The highest BCUT2D eigenvalue weighted by Gasteiger charge is 2.25. The number of halogens is 1. The van der Waals surface area contributed by atoms with Crippen molar-refractivity contribution in [3.63, 3.8) is 0 Å². The number of hydrogen-bond donors (Lipinski definition) is 1. The molecule has 1 aliphatic rings. The molecule has 1 saturated heterocycles. The Morgan fingerprint density at radius 3 is 2.62 bits per heavy atom. The first-order valence-corrected chi connectivity index (χ1v) is 9.56. The third kappa shape index (κ3) is 4.05. The summed E-state index contributed by atoms with van der Waals surface area (Å²) < 4.78 is 25.7. The minimum atomic E-state index is -1.41. The zero-order valence-electron chi connectivity index (χ0n) is 16.4. The zero-order chi connectivity index (χ0) is 22.8. The van der Waals surface area contributed by atoms with Gasteiger partial charge in [0.25, 0.3) is 17.0 Å². The van der Waals surface area contributed by atoms with Gasteiger partial charge < -0.3 is 14.5 Å². The topological polar surface area (TPSA) is 129 Å². The van der Waals surface area contributed by atoms with Crippen LogP contribution in [0.4, 0.5) is 4.39 Å². The highest BCUT2D eigenvalue weighted by molar-refractivity contribution is 5.99.